The van der Waals surface area contributed by atoms with E-state index in [1.807, 2.05) is 18.2 Å². The number of halogens is 1. The normalized spacial score (nSPS) is 14.9. The van der Waals surface area contributed by atoms with Gasteiger partial charge in [-0.15, -0.1) is 0 Å². The molecule has 3 heterocycles. The quantitative estimate of drug-likeness (QED) is 0.394. The smallest absolute Gasteiger partial charge is 0.274 e. The van der Waals surface area contributed by atoms with Gasteiger partial charge in [-0.25, -0.2) is 0 Å². The van der Waals surface area contributed by atoms with Crippen molar-refractivity contribution in [1.82, 2.24) is 14.9 Å². The van der Waals surface area contributed by atoms with Crippen LogP contribution in [0.5, 0.6) is 0 Å². The van der Waals surface area contributed by atoms with Gasteiger partial charge in [-0.1, -0.05) is 35.9 Å². The first-order valence-corrected chi connectivity index (χ1v) is 12.0. The van der Waals surface area contributed by atoms with Crippen LogP contribution in [-0.4, -0.2) is 38.6 Å². The minimum absolute atomic E-state index is 0.188. The maximum atomic E-state index is 13.7. The molecule has 2 N–H and O–H groups in total. The van der Waals surface area contributed by atoms with Gasteiger partial charge in [0.1, 0.15) is 11.7 Å². The highest BCUT2D eigenvalue weighted by Gasteiger charge is 2.35. The van der Waals surface area contributed by atoms with Crippen molar-refractivity contribution in [2.45, 2.75) is 19.0 Å². The molecule has 1 aliphatic rings. The van der Waals surface area contributed by atoms with Crippen molar-refractivity contribution in [3.05, 3.63) is 119 Å². The van der Waals surface area contributed by atoms with E-state index in [1.54, 1.807) is 78.1 Å². The number of rotatable bonds is 6. The minimum Gasteiger partial charge on any atom is -0.323 e. The molecular formula is C28H22ClN5O3. The van der Waals surface area contributed by atoms with Crippen LogP contribution < -0.4 is 10.6 Å². The zero-order chi connectivity index (χ0) is 25.8. The van der Waals surface area contributed by atoms with Crippen LogP contribution >= 0.6 is 11.6 Å². The molecule has 1 aliphatic heterocycles. The maximum Gasteiger partial charge on any atom is 0.274 e. The van der Waals surface area contributed by atoms with Crippen molar-refractivity contribution in [2.75, 3.05) is 10.6 Å². The van der Waals surface area contributed by atoms with Gasteiger partial charge in [0, 0.05) is 42.3 Å². The largest absolute Gasteiger partial charge is 0.323 e. The first-order valence-electron chi connectivity index (χ1n) is 11.6. The van der Waals surface area contributed by atoms with Crippen molar-refractivity contribution >= 4 is 40.7 Å². The van der Waals surface area contributed by atoms with Crippen LogP contribution in [0.3, 0.4) is 0 Å². The van der Waals surface area contributed by atoms with Crippen molar-refractivity contribution < 1.29 is 14.4 Å². The average Bonchev–Trinajstić information content (AvgIpc) is 3.00. The molecule has 1 unspecified atom stereocenters. The zero-order valence-electron chi connectivity index (χ0n) is 19.6. The van der Waals surface area contributed by atoms with Crippen LogP contribution in [0.2, 0.25) is 5.02 Å². The van der Waals surface area contributed by atoms with Crippen LogP contribution in [0.4, 0.5) is 11.4 Å². The van der Waals surface area contributed by atoms with Gasteiger partial charge < -0.3 is 15.5 Å². The molecule has 37 heavy (non-hydrogen) atoms. The van der Waals surface area contributed by atoms with Crippen LogP contribution in [0.25, 0.3) is 0 Å². The standard InChI is InChI=1S/C28H22ClN5O3/c29-20-8-11-22-24(15-20)33-27(36)25(14-19-4-3-12-30-16-19)34(28(22)37)17-18-6-9-21(10-7-18)32-26(35)23-5-1-2-13-31-23/h1-13,15-16,25H,14,17H2,(H,32,35)(H,33,36). The maximum absolute atomic E-state index is 13.7. The summed E-state index contributed by atoms with van der Waals surface area (Å²) in [7, 11) is 0. The Morgan fingerprint density at radius 1 is 0.973 bits per heavy atom. The third kappa shape index (κ3) is 5.49. The highest BCUT2D eigenvalue weighted by molar-refractivity contribution is 6.31. The molecule has 2 aromatic heterocycles. The van der Waals surface area contributed by atoms with Crippen molar-refractivity contribution in [2.24, 2.45) is 0 Å². The van der Waals surface area contributed by atoms with Gasteiger partial charge >= 0.3 is 0 Å². The predicted octanol–water partition coefficient (Wildman–Crippen LogP) is 4.59. The minimum atomic E-state index is -0.772. The fourth-order valence-electron chi connectivity index (χ4n) is 4.17. The first kappa shape index (κ1) is 24.1. The number of pyridine rings is 2. The molecule has 3 amide bonds. The molecule has 8 nitrogen and oxygen atoms in total. The molecule has 0 aliphatic carbocycles. The third-order valence-electron chi connectivity index (χ3n) is 6.02. The number of fused-ring (bicyclic) bond motifs is 1. The topological polar surface area (TPSA) is 104 Å². The summed E-state index contributed by atoms with van der Waals surface area (Å²) in [5.41, 5.74) is 3.28. The Labute approximate surface area is 218 Å². The van der Waals surface area contributed by atoms with E-state index in [4.69, 9.17) is 11.6 Å². The zero-order valence-corrected chi connectivity index (χ0v) is 20.4. The summed E-state index contributed by atoms with van der Waals surface area (Å²) in [6, 6.07) is 20.0. The van der Waals surface area contributed by atoms with E-state index in [2.05, 4.69) is 20.6 Å². The van der Waals surface area contributed by atoms with Gasteiger partial charge in [0.15, 0.2) is 0 Å². The van der Waals surface area contributed by atoms with Crippen molar-refractivity contribution in [1.29, 1.82) is 0 Å². The van der Waals surface area contributed by atoms with Gasteiger partial charge in [-0.05, 0) is 59.7 Å². The Bertz CT molecular complexity index is 1450. The van der Waals surface area contributed by atoms with E-state index in [9.17, 15) is 14.4 Å². The second kappa shape index (κ2) is 10.6. The molecule has 0 radical (unpaired) electrons. The van der Waals surface area contributed by atoms with Gasteiger partial charge in [0.25, 0.3) is 11.8 Å². The van der Waals surface area contributed by atoms with Gasteiger partial charge in [-0.2, -0.15) is 0 Å². The molecule has 184 valence electrons. The third-order valence-corrected chi connectivity index (χ3v) is 6.26. The van der Waals surface area contributed by atoms with E-state index < -0.39 is 6.04 Å². The lowest BCUT2D eigenvalue weighted by Crippen LogP contribution is -2.46. The lowest BCUT2D eigenvalue weighted by molar-refractivity contribution is -0.120. The molecular weight excluding hydrogens is 490 g/mol. The van der Waals surface area contributed by atoms with Gasteiger partial charge in [0.2, 0.25) is 5.91 Å². The molecule has 1 atom stereocenters. The summed E-state index contributed by atoms with van der Waals surface area (Å²) >= 11 is 6.13. The molecule has 0 fully saturated rings. The summed E-state index contributed by atoms with van der Waals surface area (Å²) in [6.07, 6.45) is 5.20. The number of nitrogens with zero attached hydrogens (tertiary/aromatic N) is 3. The SMILES string of the molecule is O=C(Nc1ccc(CN2C(=O)c3ccc(Cl)cc3NC(=O)C2Cc2cccnc2)cc1)c1ccccn1. The molecule has 5 rings (SSSR count). The molecule has 0 spiro atoms. The van der Waals surface area contributed by atoms with Gasteiger partial charge in [0.05, 0.1) is 11.3 Å². The second-order valence-corrected chi connectivity index (χ2v) is 9.00. The summed E-state index contributed by atoms with van der Waals surface area (Å²) in [5, 5.41) is 6.10. The number of hydrogen-bond acceptors (Lipinski definition) is 5. The van der Waals surface area contributed by atoms with Crippen LogP contribution in [0, 0.1) is 0 Å². The van der Waals surface area contributed by atoms with Crippen molar-refractivity contribution in [3.8, 4) is 0 Å². The number of benzene rings is 2. The lowest BCUT2D eigenvalue weighted by Gasteiger charge is -2.29. The first-order chi connectivity index (χ1) is 18.0. The van der Waals surface area contributed by atoms with Crippen LogP contribution in [0.1, 0.15) is 32.0 Å². The Balaban J connectivity index is 1.41. The van der Waals surface area contributed by atoms with Crippen molar-refractivity contribution in [3.63, 3.8) is 0 Å². The number of hydrogen-bond donors (Lipinski definition) is 2. The molecule has 0 bridgehead atoms. The van der Waals surface area contributed by atoms with E-state index in [0.717, 1.165) is 11.1 Å². The molecule has 2 aromatic carbocycles. The van der Waals surface area contributed by atoms with Gasteiger partial charge in [-0.3, -0.25) is 24.4 Å². The van der Waals surface area contributed by atoms with E-state index in [0.29, 0.717) is 34.1 Å². The summed E-state index contributed by atoms with van der Waals surface area (Å²) < 4.78 is 0. The number of carbonyl (C=O) groups excluding carboxylic acids is 3. The van der Waals surface area contributed by atoms with E-state index in [1.165, 1.54) is 0 Å². The highest BCUT2D eigenvalue weighted by atomic mass is 35.5. The number of amides is 3. The van der Waals surface area contributed by atoms with E-state index >= 15 is 0 Å². The van der Waals surface area contributed by atoms with Crippen LogP contribution in [0.15, 0.2) is 91.4 Å². The number of carbonyl (C=O) groups is 3. The fourth-order valence-corrected chi connectivity index (χ4v) is 4.34. The number of aromatic nitrogens is 2. The highest BCUT2D eigenvalue weighted by Crippen LogP contribution is 2.29. The average molecular weight is 512 g/mol. The number of anilines is 2. The van der Waals surface area contributed by atoms with E-state index in [-0.39, 0.29) is 24.3 Å². The molecule has 4 aromatic rings. The predicted molar refractivity (Wildman–Crippen MR) is 140 cm³/mol. The van der Waals surface area contributed by atoms with Crippen LogP contribution in [-0.2, 0) is 17.8 Å². The summed E-state index contributed by atoms with van der Waals surface area (Å²) in [4.78, 5) is 49.2. The molecule has 0 saturated heterocycles. The second-order valence-electron chi connectivity index (χ2n) is 8.56. The molecule has 0 saturated carbocycles. The molecule has 9 heteroatoms. The summed E-state index contributed by atoms with van der Waals surface area (Å²) in [6.45, 7) is 0.188. The Hall–Kier alpha value is -4.56. The number of nitrogens with one attached hydrogen (secondary N) is 2. The monoisotopic (exact) mass is 511 g/mol. The summed E-state index contributed by atoms with van der Waals surface area (Å²) in [5.74, 6) is -0.913. The Morgan fingerprint density at radius 2 is 1.81 bits per heavy atom. The Morgan fingerprint density at radius 3 is 2.54 bits per heavy atom. The Kier molecular flexibility index (Phi) is 6.91. The lowest BCUT2D eigenvalue weighted by atomic mass is 10.0. The fraction of sp³-hybridized carbons (Fsp3) is 0.107.